The average molecular weight is 309 g/mol. The quantitative estimate of drug-likeness (QED) is 0.932. The number of hydrogen-bond donors (Lipinski definition) is 1. The fourth-order valence-electron chi connectivity index (χ4n) is 1.56. The fraction of sp³-hybridized carbons (Fsp3) is 0.250. The van der Waals surface area contributed by atoms with Crippen molar-refractivity contribution in [2.45, 2.75) is 6.42 Å². The maximum atomic E-state index is 11.8. The van der Waals surface area contributed by atoms with Crippen molar-refractivity contribution in [1.29, 1.82) is 0 Å². The minimum absolute atomic E-state index is 0.127. The number of carbonyl (C=O) groups is 1. The molecular formula is C12H13BrN4O. The van der Waals surface area contributed by atoms with E-state index < -0.39 is 0 Å². The molecular weight excluding hydrogens is 296 g/mol. The van der Waals surface area contributed by atoms with Crippen LogP contribution < -0.4 is 5.32 Å². The Morgan fingerprint density at radius 2 is 2.33 bits per heavy atom. The average Bonchev–Trinajstić information content (AvgIpc) is 2.75. The van der Waals surface area contributed by atoms with E-state index in [-0.39, 0.29) is 5.91 Å². The molecule has 0 saturated carbocycles. The highest BCUT2D eigenvalue weighted by atomic mass is 79.9. The molecule has 5 nitrogen and oxygen atoms in total. The Labute approximate surface area is 113 Å². The van der Waals surface area contributed by atoms with Gasteiger partial charge in [-0.3, -0.25) is 9.78 Å². The number of nitrogens with zero attached hydrogens (tertiary/aromatic N) is 3. The van der Waals surface area contributed by atoms with E-state index in [2.05, 4.69) is 31.2 Å². The summed E-state index contributed by atoms with van der Waals surface area (Å²) in [6, 6.07) is 1.74. The molecule has 2 heterocycles. The standard InChI is InChI=1S/C12H13BrN4O/c1-17-5-4-15-11(17)2-3-16-12(18)9-6-10(13)8-14-7-9/h4-8H,2-3H2,1H3,(H,16,18). The largest absolute Gasteiger partial charge is 0.352 e. The van der Waals surface area contributed by atoms with Crippen LogP contribution in [0.25, 0.3) is 0 Å². The van der Waals surface area contributed by atoms with Gasteiger partial charge in [0, 0.05) is 49.3 Å². The van der Waals surface area contributed by atoms with Crippen LogP contribution in [-0.2, 0) is 13.5 Å². The molecule has 2 rings (SSSR count). The van der Waals surface area contributed by atoms with Crippen molar-refractivity contribution in [3.8, 4) is 0 Å². The van der Waals surface area contributed by atoms with Gasteiger partial charge in [0.05, 0.1) is 5.56 Å². The zero-order valence-corrected chi connectivity index (χ0v) is 11.5. The summed E-state index contributed by atoms with van der Waals surface area (Å²) in [5.41, 5.74) is 0.546. The van der Waals surface area contributed by atoms with Gasteiger partial charge in [-0.15, -0.1) is 0 Å². The van der Waals surface area contributed by atoms with Crippen LogP contribution in [0.15, 0.2) is 35.3 Å². The van der Waals surface area contributed by atoms with Crippen LogP contribution in [0, 0.1) is 0 Å². The first-order valence-corrected chi connectivity index (χ1v) is 6.31. The Hall–Kier alpha value is -1.69. The normalized spacial score (nSPS) is 10.3. The summed E-state index contributed by atoms with van der Waals surface area (Å²) in [5, 5.41) is 2.84. The lowest BCUT2D eigenvalue weighted by atomic mass is 10.2. The molecule has 0 aliphatic rings. The van der Waals surface area contributed by atoms with E-state index >= 15 is 0 Å². The molecule has 2 aromatic heterocycles. The number of pyridine rings is 1. The molecule has 0 fully saturated rings. The molecule has 0 bridgehead atoms. The Morgan fingerprint density at radius 1 is 1.50 bits per heavy atom. The zero-order valence-electron chi connectivity index (χ0n) is 9.93. The van der Waals surface area contributed by atoms with Gasteiger partial charge in [0.25, 0.3) is 5.91 Å². The molecule has 0 radical (unpaired) electrons. The van der Waals surface area contributed by atoms with Crippen LogP contribution in [0.3, 0.4) is 0 Å². The number of amides is 1. The Balaban J connectivity index is 1.87. The van der Waals surface area contributed by atoms with Gasteiger partial charge in [0.15, 0.2) is 0 Å². The first-order chi connectivity index (χ1) is 8.66. The van der Waals surface area contributed by atoms with Gasteiger partial charge in [0.1, 0.15) is 5.82 Å². The van der Waals surface area contributed by atoms with Crippen LogP contribution in [0.4, 0.5) is 0 Å². The van der Waals surface area contributed by atoms with E-state index in [0.717, 1.165) is 10.3 Å². The molecule has 0 saturated heterocycles. The molecule has 0 aliphatic carbocycles. The van der Waals surface area contributed by atoms with Crippen molar-refractivity contribution in [2.24, 2.45) is 7.05 Å². The molecule has 0 spiro atoms. The van der Waals surface area contributed by atoms with Gasteiger partial charge in [-0.2, -0.15) is 0 Å². The predicted octanol–water partition coefficient (Wildman–Crippen LogP) is 1.55. The number of imidazole rings is 1. The molecule has 6 heteroatoms. The second-order valence-electron chi connectivity index (χ2n) is 3.85. The lowest BCUT2D eigenvalue weighted by Crippen LogP contribution is -2.26. The van der Waals surface area contributed by atoms with Crippen molar-refractivity contribution >= 4 is 21.8 Å². The Kier molecular flexibility index (Phi) is 4.09. The Morgan fingerprint density at radius 3 is 3.00 bits per heavy atom. The highest BCUT2D eigenvalue weighted by Gasteiger charge is 2.06. The first kappa shape index (κ1) is 12.8. The molecule has 2 aromatic rings. The SMILES string of the molecule is Cn1ccnc1CCNC(=O)c1cncc(Br)c1. The molecule has 0 aromatic carbocycles. The third-order valence-electron chi connectivity index (χ3n) is 2.52. The Bertz CT molecular complexity index is 553. The summed E-state index contributed by atoms with van der Waals surface area (Å²) in [7, 11) is 1.93. The summed E-state index contributed by atoms with van der Waals surface area (Å²) < 4.78 is 2.73. The van der Waals surface area contributed by atoms with Crippen molar-refractivity contribution in [2.75, 3.05) is 6.54 Å². The number of nitrogens with one attached hydrogen (secondary N) is 1. The van der Waals surface area contributed by atoms with Crippen LogP contribution in [-0.4, -0.2) is 27.0 Å². The number of carbonyl (C=O) groups excluding carboxylic acids is 1. The maximum absolute atomic E-state index is 11.8. The van der Waals surface area contributed by atoms with Gasteiger partial charge in [-0.25, -0.2) is 4.98 Å². The van der Waals surface area contributed by atoms with E-state index in [9.17, 15) is 4.79 Å². The minimum atomic E-state index is -0.127. The topological polar surface area (TPSA) is 59.8 Å². The van der Waals surface area contributed by atoms with Crippen LogP contribution in [0.1, 0.15) is 16.2 Å². The van der Waals surface area contributed by atoms with Gasteiger partial charge >= 0.3 is 0 Å². The summed E-state index contributed by atoms with van der Waals surface area (Å²) >= 11 is 3.28. The van der Waals surface area contributed by atoms with Crippen molar-refractivity contribution < 1.29 is 4.79 Å². The molecule has 0 aliphatic heterocycles. The van der Waals surface area contributed by atoms with E-state index in [4.69, 9.17) is 0 Å². The number of aryl methyl sites for hydroxylation is 1. The summed E-state index contributed by atoms with van der Waals surface area (Å²) in [6.07, 6.45) is 7.52. The molecule has 1 amide bonds. The number of aromatic nitrogens is 3. The monoisotopic (exact) mass is 308 g/mol. The summed E-state index contributed by atoms with van der Waals surface area (Å²) in [5.74, 6) is 0.820. The van der Waals surface area contributed by atoms with Crippen molar-refractivity contribution in [3.05, 3.63) is 46.7 Å². The summed E-state index contributed by atoms with van der Waals surface area (Å²) in [4.78, 5) is 20.0. The number of halogens is 1. The van der Waals surface area contributed by atoms with Gasteiger partial charge in [0.2, 0.25) is 0 Å². The van der Waals surface area contributed by atoms with Crippen molar-refractivity contribution in [1.82, 2.24) is 19.9 Å². The number of rotatable bonds is 4. The number of hydrogen-bond acceptors (Lipinski definition) is 3. The molecule has 1 N–H and O–H groups in total. The fourth-order valence-corrected chi connectivity index (χ4v) is 1.93. The van der Waals surface area contributed by atoms with Crippen LogP contribution in [0.2, 0.25) is 0 Å². The minimum Gasteiger partial charge on any atom is -0.352 e. The molecule has 18 heavy (non-hydrogen) atoms. The smallest absolute Gasteiger partial charge is 0.252 e. The maximum Gasteiger partial charge on any atom is 0.252 e. The zero-order chi connectivity index (χ0) is 13.0. The van der Waals surface area contributed by atoms with E-state index in [1.807, 2.05) is 17.8 Å². The first-order valence-electron chi connectivity index (χ1n) is 5.52. The van der Waals surface area contributed by atoms with E-state index in [1.54, 1.807) is 24.7 Å². The highest BCUT2D eigenvalue weighted by Crippen LogP contribution is 2.09. The van der Waals surface area contributed by atoms with Gasteiger partial charge < -0.3 is 9.88 Å². The third kappa shape index (κ3) is 3.16. The van der Waals surface area contributed by atoms with E-state index in [1.165, 1.54) is 0 Å². The van der Waals surface area contributed by atoms with E-state index in [0.29, 0.717) is 18.5 Å². The van der Waals surface area contributed by atoms with Crippen LogP contribution in [0.5, 0.6) is 0 Å². The highest BCUT2D eigenvalue weighted by molar-refractivity contribution is 9.10. The second-order valence-corrected chi connectivity index (χ2v) is 4.77. The lowest BCUT2D eigenvalue weighted by Gasteiger charge is -2.05. The predicted molar refractivity (Wildman–Crippen MR) is 71.2 cm³/mol. The summed E-state index contributed by atoms with van der Waals surface area (Å²) in [6.45, 7) is 0.552. The third-order valence-corrected chi connectivity index (χ3v) is 2.96. The van der Waals surface area contributed by atoms with Crippen molar-refractivity contribution in [3.63, 3.8) is 0 Å². The molecule has 0 unspecified atom stereocenters. The molecule has 94 valence electrons. The molecule has 0 atom stereocenters. The van der Waals surface area contributed by atoms with Gasteiger partial charge in [-0.05, 0) is 22.0 Å². The van der Waals surface area contributed by atoms with Crippen LogP contribution >= 0.6 is 15.9 Å². The lowest BCUT2D eigenvalue weighted by molar-refractivity contribution is 0.0953. The second kappa shape index (κ2) is 5.77. The van der Waals surface area contributed by atoms with Gasteiger partial charge in [-0.1, -0.05) is 0 Å².